The lowest BCUT2D eigenvalue weighted by Gasteiger charge is -2.10. The highest BCUT2D eigenvalue weighted by Gasteiger charge is 2.08. The van der Waals surface area contributed by atoms with Crippen LogP contribution in [0.25, 0.3) is 0 Å². The summed E-state index contributed by atoms with van der Waals surface area (Å²) in [5, 5.41) is 12.2. The molecule has 0 atom stereocenters. The number of nitrogen functional groups attached to an aromatic ring is 1. The summed E-state index contributed by atoms with van der Waals surface area (Å²) >= 11 is 1.38. The van der Waals surface area contributed by atoms with E-state index in [2.05, 4.69) is 20.5 Å². The molecule has 2 heterocycles. The van der Waals surface area contributed by atoms with Crippen molar-refractivity contribution >= 4 is 28.2 Å². The van der Waals surface area contributed by atoms with Crippen LogP contribution < -0.4 is 11.1 Å². The number of amides is 1. The topological polar surface area (TPSA) is 97.0 Å². The molecule has 0 aliphatic rings. The number of carbonyl (C=O) groups excluding carboxylic acids is 1. The average Bonchev–Trinajstić information content (AvgIpc) is 2.84. The molecular weight excluding hydrogens is 276 g/mol. The summed E-state index contributed by atoms with van der Waals surface area (Å²) in [7, 11) is 3.42. The Kier molecular flexibility index (Phi) is 4.46. The molecule has 0 aliphatic heterocycles. The summed E-state index contributed by atoms with van der Waals surface area (Å²) in [5.41, 5.74) is 6.07. The number of rotatable bonds is 5. The second-order valence-corrected chi connectivity index (χ2v) is 5.44. The van der Waals surface area contributed by atoms with Crippen molar-refractivity contribution in [3.63, 3.8) is 0 Å². The number of anilines is 2. The van der Waals surface area contributed by atoms with Crippen LogP contribution in [0.3, 0.4) is 0 Å². The molecule has 106 valence electrons. The van der Waals surface area contributed by atoms with Gasteiger partial charge in [-0.3, -0.25) is 4.79 Å². The van der Waals surface area contributed by atoms with Gasteiger partial charge in [0.05, 0.1) is 5.56 Å². The van der Waals surface area contributed by atoms with Gasteiger partial charge in [0.1, 0.15) is 10.8 Å². The van der Waals surface area contributed by atoms with Crippen molar-refractivity contribution in [2.75, 3.05) is 31.7 Å². The Bertz CT molecular complexity index is 580. The number of nitrogens with zero attached hydrogens (tertiary/aromatic N) is 4. The van der Waals surface area contributed by atoms with Crippen LogP contribution >= 0.6 is 11.3 Å². The summed E-state index contributed by atoms with van der Waals surface area (Å²) in [5.74, 6) is 0.658. The first-order chi connectivity index (χ1) is 9.56. The van der Waals surface area contributed by atoms with E-state index < -0.39 is 0 Å². The molecule has 0 spiro atoms. The second kappa shape index (κ2) is 6.29. The highest BCUT2D eigenvalue weighted by molar-refractivity contribution is 7.15. The standard InChI is InChI=1S/C12H16N6OS/c1-18(2)11(19)8-3-4-9(15-7-8)14-6-5-10-16-17-12(13)20-10/h3-4,7H,5-6H2,1-2H3,(H2,13,17)(H,14,15). The van der Waals surface area contributed by atoms with E-state index in [1.807, 2.05) is 0 Å². The summed E-state index contributed by atoms with van der Waals surface area (Å²) in [6, 6.07) is 3.53. The molecule has 0 saturated carbocycles. The first-order valence-corrected chi connectivity index (χ1v) is 6.87. The number of carbonyl (C=O) groups is 1. The summed E-state index contributed by atoms with van der Waals surface area (Å²) < 4.78 is 0. The van der Waals surface area contributed by atoms with Crippen molar-refractivity contribution in [1.29, 1.82) is 0 Å². The van der Waals surface area contributed by atoms with Crippen LogP contribution in [0.1, 0.15) is 15.4 Å². The number of hydrogen-bond donors (Lipinski definition) is 2. The molecule has 2 aromatic rings. The maximum Gasteiger partial charge on any atom is 0.254 e. The Hall–Kier alpha value is -2.22. The quantitative estimate of drug-likeness (QED) is 0.849. The van der Waals surface area contributed by atoms with Crippen molar-refractivity contribution < 1.29 is 4.79 Å². The monoisotopic (exact) mass is 292 g/mol. The zero-order chi connectivity index (χ0) is 14.5. The molecule has 0 unspecified atom stereocenters. The number of aromatic nitrogens is 3. The maximum atomic E-state index is 11.7. The smallest absolute Gasteiger partial charge is 0.254 e. The third kappa shape index (κ3) is 3.64. The fourth-order valence-corrected chi connectivity index (χ4v) is 2.16. The molecular formula is C12H16N6OS. The largest absolute Gasteiger partial charge is 0.374 e. The van der Waals surface area contributed by atoms with Crippen LogP contribution in [0.15, 0.2) is 18.3 Å². The summed E-state index contributed by atoms with van der Waals surface area (Å²) in [6.07, 6.45) is 2.29. The van der Waals surface area contributed by atoms with Gasteiger partial charge in [-0.25, -0.2) is 4.98 Å². The van der Waals surface area contributed by atoms with Gasteiger partial charge in [-0.1, -0.05) is 11.3 Å². The van der Waals surface area contributed by atoms with Gasteiger partial charge in [0.15, 0.2) is 0 Å². The van der Waals surface area contributed by atoms with Crippen molar-refractivity contribution in [2.45, 2.75) is 6.42 Å². The van der Waals surface area contributed by atoms with Crippen LogP contribution in [0, 0.1) is 0 Å². The molecule has 3 N–H and O–H groups in total. The van der Waals surface area contributed by atoms with Crippen molar-refractivity contribution in [2.24, 2.45) is 0 Å². The van der Waals surface area contributed by atoms with Crippen molar-refractivity contribution in [3.8, 4) is 0 Å². The van der Waals surface area contributed by atoms with Crippen molar-refractivity contribution in [3.05, 3.63) is 28.9 Å². The average molecular weight is 292 g/mol. The first-order valence-electron chi connectivity index (χ1n) is 6.05. The van der Waals surface area contributed by atoms with E-state index in [1.165, 1.54) is 16.2 Å². The molecule has 0 aromatic carbocycles. The Balaban J connectivity index is 1.86. The molecule has 1 amide bonds. The summed E-state index contributed by atoms with van der Waals surface area (Å²) in [6.45, 7) is 0.683. The molecule has 0 bridgehead atoms. The molecule has 0 aliphatic carbocycles. The lowest BCUT2D eigenvalue weighted by Crippen LogP contribution is -2.21. The predicted molar refractivity (Wildman–Crippen MR) is 78.8 cm³/mol. The number of pyridine rings is 1. The molecule has 0 radical (unpaired) electrons. The molecule has 2 rings (SSSR count). The molecule has 2 aromatic heterocycles. The van der Waals surface area contributed by atoms with E-state index in [0.29, 0.717) is 17.2 Å². The van der Waals surface area contributed by atoms with Crippen LogP contribution in [-0.2, 0) is 6.42 Å². The molecule has 20 heavy (non-hydrogen) atoms. The molecule has 8 heteroatoms. The Labute approximate surface area is 120 Å². The van der Waals surface area contributed by atoms with Crippen molar-refractivity contribution in [1.82, 2.24) is 20.1 Å². The highest BCUT2D eigenvalue weighted by Crippen LogP contribution is 2.12. The van der Waals surface area contributed by atoms with Gasteiger partial charge in [0, 0.05) is 33.3 Å². The number of nitrogens with two attached hydrogens (primary N) is 1. The Morgan fingerprint density at radius 1 is 1.40 bits per heavy atom. The fourth-order valence-electron chi connectivity index (χ4n) is 1.55. The molecule has 0 saturated heterocycles. The van der Waals surface area contributed by atoms with E-state index in [-0.39, 0.29) is 5.91 Å². The van der Waals surface area contributed by atoms with Gasteiger partial charge in [0.2, 0.25) is 5.13 Å². The number of nitrogens with one attached hydrogen (secondary N) is 1. The van der Waals surface area contributed by atoms with E-state index in [1.54, 1.807) is 32.4 Å². The van der Waals surface area contributed by atoms with E-state index in [4.69, 9.17) is 5.73 Å². The molecule has 0 fully saturated rings. The third-order valence-electron chi connectivity index (χ3n) is 2.54. The third-order valence-corrected chi connectivity index (χ3v) is 3.36. The fraction of sp³-hybridized carbons (Fsp3) is 0.333. The van der Waals surface area contributed by atoms with Crippen LogP contribution in [0.2, 0.25) is 0 Å². The van der Waals surface area contributed by atoms with E-state index >= 15 is 0 Å². The van der Waals surface area contributed by atoms with Crippen LogP contribution in [-0.4, -0.2) is 46.6 Å². The van der Waals surface area contributed by atoms with E-state index in [9.17, 15) is 4.79 Å². The Morgan fingerprint density at radius 2 is 2.20 bits per heavy atom. The van der Waals surface area contributed by atoms with Crippen LogP contribution in [0.5, 0.6) is 0 Å². The summed E-state index contributed by atoms with van der Waals surface area (Å²) in [4.78, 5) is 17.4. The van der Waals surface area contributed by atoms with Gasteiger partial charge < -0.3 is 16.0 Å². The van der Waals surface area contributed by atoms with Gasteiger partial charge in [-0.15, -0.1) is 10.2 Å². The minimum atomic E-state index is -0.0617. The SMILES string of the molecule is CN(C)C(=O)c1ccc(NCCc2nnc(N)s2)nc1. The van der Waals surface area contributed by atoms with Gasteiger partial charge in [-0.2, -0.15) is 0 Å². The van der Waals surface area contributed by atoms with Crippen LogP contribution in [0.4, 0.5) is 10.9 Å². The minimum absolute atomic E-state index is 0.0617. The zero-order valence-electron chi connectivity index (χ0n) is 11.3. The molecule has 7 nitrogen and oxygen atoms in total. The second-order valence-electron chi connectivity index (χ2n) is 4.34. The normalized spacial score (nSPS) is 10.3. The lowest BCUT2D eigenvalue weighted by molar-refractivity contribution is 0.0827. The lowest BCUT2D eigenvalue weighted by atomic mass is 10.2. The highest BCUT2D eigenvalue weighted by atomic mass is 32.1. The van der Waals surface area contributed by atoms with E-state index in [0.717, 1.165) is 17.2 Å². The zero-order valence-corrected chi connectivity index (χ0v) is 12.1. The number of hydrogen-bond acceptors (Lipinski definition) is 7. The maximum absolute atomic E-state index is 11.7. The predicted octanol–water partition coefficient (Wildman–Crippen LogP) is 0.872. The van der Waals surface area contributed by atoms with Gasteiger partial charge >= 0.3 is 0 Å². The minimum Gasteiger partial charge on any atom is -0.374 e. The Morgan fingerprint density at radius 3 is 2.75 bits per heavy atom. The first kappa shape index (κ1) is 14.2. The van der Waals surface area contributed by atoms with Gasteiger partial charge in [0.25, 0.3) is 5.91 Å². The van der Waals surface area contributed by atoms with Gasteiger partial charge in [-0.05, 0) is 12.1 Å².